The molecule has 0 radical (unpaired) electrons. The number of ether oxygens (including phenoxy) is 1. The van der Waals surface area contributed by atoms with Crippen LogP contribution in [0.5, 0.6) is 5.75 Å². The molecular formula is C16H22N2O2. The van der Waals surface area contributed by atoms with Crippen molar-refractivity contribution in [2.24, 2.45) is 5.92 Å². The largest absolute Gasteiger partial charge is 0.497 e. The number of hydrogen-bond acceptors (Lipinski definition) is 3. The standard InChI is InChI=1S/C16H22N2O2/c1-20-14-4-2-3-12(9-14)11-18-15-7-8-17-10-13(15)5-6-16(18)19/h2-4,9,13,15,17H,5-8,10-11H2,1H3. The van der Waals surface area contributed by atoms with Gasteiger partial charge in [0.25, 0.3) is 0 Å². The molecule has 1 aromatic carbocycles. The number of rotatable bonds is 3. The third-order valence-electron chi connectivity index (χ3n) is 4.50. The molecule has 20 heavy (non-hydrogen) atoms. The summed E-state index contributed by atoms with van der Waals surface area (Å²) < 4.78 is 5.26. The monoisotopic (exact) mass is 274 g/mol. The average Bonchev–Trinajstić information content (AvgIpc) is 2.50. The van der Waals surface area contributed by atoms with Crippen molar-refractivity contribution < 1.29 is 9.53 Å². The Hall–Kier alpha value is -1.55. The first-order valence-corrected chi connectivity index (χ1v) is 7.41. The second kappa shape index (κ2) is 5.83. The highest BCUT2D eigenvalue weighted by Crippen LogP contribution is 2.30. The van der Waals surface area contributed by atoms with Crippen LogP contribution in [-0.4, -0.2) is 37.0 Å². The Morgan fingerprint density at radius 3 is 3.15 bits per heavy atom. The molecular weight excluding hydrogens is 252 g/mol. The molecule has 0 bridgehead atoms. The van der Waals surface area contributed by atoms with E-state index < -0.39 is 0 Å². The van der Waals surface area contributed by atoms with E-state index in [-0.39, 0.29) is 0 Å². The normalized spacial score (nSPS) is 26.2. The second-order valence-electron chi connectivity index (χ2n) is 5.73. The van der Waals surface area contributed by atoms with Gasteiger partial charge < -0.3 is 15.0 Å². The fraction of sp³-hybridized carbons (Fsp3) is 0.562. The Morgan fingerprint density at radius 2 is 2.30 bits per heavy atom. The predicted octanol–water partition coefficient (Wildman–Crippen LogP) is 1.80. The van der Waals surface area contributed by atoms with Gasteiger partial charge in [0.05, 0.1) is 7.11 Å². The SMILES string of the molecule is COc1cccc(CN2C(=O)CCC3CNCCC32)c1. The highest BCUT2D eigenvalue weighted by Gasteiger charge is 2.36. The molecule has 2 heterocycles. The minimum Gasteiger partial charge on any atom is -0.497 e. The highest BCUT2D eigenvalue weighted by atomic mass is 16.5. The summed E-state index contributed by atoms with van der Waals surface area (Å²) in [6, 6.07) is 8.43. The smallest absolute Gasteiger partial charge is 0.223 e. The lowest BCUT2D eigenvalue weighted by molar-refractivity contribution is -0.140. The molecule has 4 nitrogen and oxygen atoms in total. The van der Waals surface area contributed by atoms with Crippen LogP contribution in [0.2, 0.25) is 0 Å². The van der Waals surface area contributed by atoms with E-state index in [1.165, 1.54) is 0 Å². The first-order chi connectivity index (χ1) is 9.78. The van der Waals surface area contributed by atoms with E-state index in [4.69, 9.17) is 4.74 Å². The molecule has 2 unspecified atom stereocenters. The summed E-state index contributed by atoms with van der Waals surface area (Å²) in [6.07, 6.45) is 2.79. The summed E-state index contributed by atoms with van der Waals surface area (Å²) in [4.78, 5) is 14.4. The number of amides is 1. The van der Waals surface area contributed by atoms with Crippen molar-refractivity contribution in [1.82, 2.24) is 10.2 Å². The van der Waals surface area contributed by atoms with Crippen LogP contribution >= 0.6 is 0 Å². The first kappa shape index (κ1) is 13.4. The number of hydrogen-bond donors (Lipinski definition) is 1. The summed E-state index contributed by atoms with van der Waals surface area (Å²) in [5.74, 6) is 1.77. The van der Waals surface area contributed by atoms with Crippen LogP contribution in [0.15, 0.2) is 24.3 Å². The van der Waals surface area contributed by atoms with E-state index in [0.717, 1.165) is 37.2 Å². The van der Waals surface area contributed by atoms with Gasteiger partial charge in [0.15, 0.2) is 0 Å². The second-order valence-corrected chi connectivity index (χ2v) is 5.73. The number of nitrogens with zero attached hydrogens (tertiary/aromatic N) is 1. The van der Waals surface area contributed by atoms with Crippen LogP contribution in [0.3, 0.4) is 0 Å². The molecule has 1 aromatic rings. The maximum atomic E-state index is 12.3. The molecule has 1 N–H and O–H groups in total. The zero-order valence-corrected chi connectivity index (χ0v) is 12.0. The van der Waals surface area contributed by atoms with Crippen LogP contribution < -0.4 is 10.1 Å². The summed E-state index contributed by atoms with van der Waals surface area (Å²) in [5.41, 5.74) is 1.15. The Bertz CT molecular complexity index is 489. The zero-order chi connectivity index (χ0) is 13.9. The molecule has 3 rings (SSSR count). The minimum atomic E-state index is 0.302. The molecule has 4 heteroatoms. The van der Waals surface area contributed by atoms with Gasteiger partial charge in [0.2, 0.25) is 5.91 Å². The molecule has 1 amide bonds. The Kier molecular flexibility index (Phi) is 3.92. The van der Waals surface area contributed by atoms with Crippen molar-refractivity contribution in [2.45, 2.75) is 31.8 Å². The molecule has 0 aromatic heterocycles. The lowest BCUT2D eigenvalue weighted by Crippen LogP contribution is -2.54. The number of likely N-dealkylation sites (tertiary alicyclic amines) is 1. The van der Waals surface area contributed by atoms with Gasteiger partial charge in [-0.05, 0) is 49.5 Å². The van der Waals surface area contributed by atoms with Gasteiger partial charge in [-0.15, -0.1) is 0 Å². The number of fused-ring (bicyclic) bond motifs is 1. The van der Waals surface area contributed by atoms with Gasteiger partial charge in [0.1, 0.15) is 5.75 Å². The fourth-order valence-electron chi connectivity index (χ4n) is 3.42. The van der Waals surface area contributed by atoms with Crippen LogP contribution in [0.1, 0.15) is 24.8 Å². The number of benzene rings is 1. The van der Waals surface area contributed by atoms with Gasteiger partial charge >= 0.3 is 0 Å². The molecule has 2 atom stereocenters. The van der Waals surface area contributed by atoms with Gasteiger partial charge in [-0.25, -0.2) is 0 Å². The van der Waals surface area contributed by atoms with Gasteiger partial charge in [-0.2, -0.15) is 0 Å². The predicted molar refractivity (Wildman–Crippen MR) is 77.5 cm³/mol. The Morgan fingerprint density at radius 1 is 1.40 bits per heavy atom. The van der Waals surface area contributed by atoms with Crippen LogP contribution in [0, 0.1) is 5.92 Å². The molecule has 0 aliphatic carbocycles. The molecule has 108 valence electrons. The van der Waals surface area contributed by atoms with E-state index in [9.17, 15) is 4.79 Å². The Labute approximate surface area is 120 Å². The molecule has 2 saturated heterocycles. The van der Waals surface area contributed by atoms with Gasteiger partial charge in [-0.3, -0.25) is 4.79 Å². The van der Waals surface area contributed by atoms with Crippen LogP contribution in [0.25, 0.3) is 0 Å². The van der Waals surface area contributed by atoms with E-state index in [0.29, 0.717) is 30.8 Å². The lowest BCUT2D eigenvalue weighted by atomic mass is 9.84. The molecule has 2 aliphatic heterocycles. The molecule has 0 saturated carbocycles. The Balaban J connectivity index is 1.77. The van der Waals surface area contributed by atoms with Crippen molar-refractivity contribution in [1.29, 1.82) is 0 Å². The van der Waals surface area contributed by atoms with Crippen molar-refractivity contribution in [3.8, 4) is 5.75 Å². The quantitative estimate of drug-likeness (QED) is 0.914. The van der Waals surface area contributed by atoms with E-state index in [2.05, 4.69) is 16.3 Å². The molecule has 2 fully saturated rings. The van der Waals surface area contributed by atoms with Crippen LogP contribution in [0.4, 0.5) is 0 Å². The van der Waals surface area contributed by atoms with Crippen molar-refractivity contribution in [3.05, 3.63) is 29.8 Å². The molecule has 2 aliphatic rings. The highest BCUT2D eigenvalue weighted by molar-refractivity contribution is 5.77. The number of carbonyl (C=O) groups excluding carboxylic acids is 1. The maximum Gasteiger partial charge on any atom is 0.223 e. The third-order valence-corrected chi connectivity index (χ3v) is 4.50. The lowest BCUT2D eigenvalue weighted by Gasteiger charge is -2.44. The number of nitrogens with one attached hydrogen (secondary N) is 1. The maximum absolute atomic E-state index is 12.3. The first-order valence-electron chi connectivity index (χ1n) is 7.41. The van der Waals surface area contributed by atoms with Crippen LogP contribution in [-0.2, 0) is 11.3 Å². The van der Waals surface area contributed by atoms with Crippen molar-refractivity contribution in [3.63, 3.8) is 0 Å². The van der Waals surface area contributed by atoms with Gasteiger partial charge in [0, 0.05) is 19.0 Å². The van der Waals surface area contributed by atoms with Crippen molar-refractivity contribution >= 4 is 5.91 Å². The topological polar surface area (TPSA) is 41.6 Å². The number of piperidine rings is 2. The summed E-state index contributed by atoms with van der Waals surface area (Å²) in [5, 5.41) is 3.44. The van der Waals surface area contributed by atoms with E-state index in [1.807, 2.05) is 18.2 Å². The third kappa shape index (κ3) is 2.66. The fourth-order valence-corrected chi connectivity index (χ4v) is 3.42. The molecule has 0 spiro atoms. The average molecular weight is 274 g/mol. The van der Waals surface area contributed by atoms with Crippen molar-refractivity contribution in [2.75, 3.05) is 20.2 Å². The number of methoxy groups -OCH3 is 1. The number of carbonyl (C=O) groups is 1. The summed E-state index contributed by atoms with van der Waals surface area (Å²) in [6.45, 7) is 2.77. The minimum absolute atomic E-state index is 0.302. The summed E-state index contributed by atoms with van der Waals surface area (Å²) >= 11 is 0. The van der Waals surface area contributed by atoms with Gasteiger partial charge in [-0.1, -0.05) is 12.1 Å². The summed E-state index contributed by atoms with van der Waals surface area (Å²) in [7, 11) is 1.67. The van der Waals surface area contributed by atoms with E-state index in [1.54, 1.807) is 7.11 Å². The zero-order valence-electron chi connectivity index (χ0n) is 12.0. The van der Waals surface area contributed by atoms with E-state index >= 15 is 0 Å².